The molecule has 1 amide bonds. The summed E-state index contributed by atoms with van der Waals surface area (Å²) in [4.78, 5) is 43.0. The zero-order chi connectivity index (χ0) is 31.4. The number of carbonyl (C=O) groups is 3. The van der Waals surface area contributed by atoms with E-state index in [9.17, 15) is 19.5 Å². The third-order valence-corrected chi connectivity index (χ3v) is 14.1. The molecule has 0 radical (unpaired) electrons. The molecule has 7 nitrogen and oxygen atoms in total. The van der Waals surface area contributed by atoms with Crippen molar-refractivity contribution in [3.8, 4) is 0 Å². The molecule has 2 spiro atoms. The van der Waals surface area contributed by atoms with Crippen LogP contribution in [0, 0.1) is 56.2 Å². The number of nitrogens with one attached hydrogen (secondary N) is 1. The van der Waals surface area contributed by atoms with Crippen LogP contribution in [0.3, 0.4) is 0 Å². The second-order valence-corrected chi connectivity index (χ2v) is 17.5. The first kappa shape index (κ1) is 31.9. The van der Waals surface area contributed by atoms with Crippen molar-refractivity contribution < 1.29 is 24.2 Å². The number of rotatable bonds is 6. The number of amides is 1. The first-order chi connectivity index (χ1) is 19.3. The molecule has 42 heavy (non-hydrogen) atoms. The highest BCUT2D eigenvalue weighted by Gasteiger charge is 2.86. The van der Waals surface area contributed by atoms with E-state index in [1.54, 1.807) is 0 Å². The second kappa shape index (κ2) is 9.76. The van der Waals surface area contributed by atoms with Gasteiger partial charge in [0.1, 0.15) is 11.9 Å². The highest BCUT2D eigenvalue weighted by molar-refractivity contribution is 5.92. The van der Waals surface area contributed by atoms with Crippen LogP contribution in [0.2, 0.25) is 0 Å². The van der Waals surface area contributed by atoms with Gasteiger partial charge in [0.2, 0.25) is 5.91 Å². The maximum absolute atomic E-state index is 14.8. The Morgan fingerprint density at radius 1 is 1.05 bits per heavy atom. The lowest BCUT2D eigenvalue weighted by Crippen LogP contribution is -2.64. The molecule has 238 valence electrons. The first-order valence-corrected chi connectivity index (χ1v) is 16.6. The standard InChI is InChI=1S/C35H58N2O5/c1-20(2)28(40)36-25-14-15-34-18-35(34)24(13-12-23(34)31(25,7)19-38)32(8)16-22(42-29(41)30(4,5)6)27(21(3)37(10)11)33(32,9)17-26(35)39/h20-25,27,38H,12-19H2,1-11H3,(H,36,40)/t21-,22+,23-,24-,25-,27-,31-,32-,33+,34?,35-/m0/s1. The molecule has 2 N–H and O–H groups in total. The third-order valence-electron chi connectivity index (χ3n) is 14.1. The number of ether oxygens (including phenoxy) is 1. The quantitative estimate of drug-likeness (QED) is 0.414. The molecule has 0 saturated heterocycles. The van der Waals surface area contributed by atoms with Gasteiger partial charge in [-0.15, -0.1) is 0 Å². The number of nitrogens with zero attached hydrogens (tertiary/aromatic N) is 1. The lowest BCUT2D eigenvalue weighted by atomic mass is 9.41. The van der Waals surface area contributed by atoms with E-state index in [2.05, 4.69) is 52.0 Å². The third kappa shape index (κ3) is 4.00. The molecule has 0 aromatic rings. The Labute approximate surface area is 254 Å². The van der Waals surface area contributed by atoms with Crippen molar-refractivity contribution in [1.29, 1.82) is 0 Å². The van der Waals surface area contributed by atoms with E-state index in [0.717, 1.165) is 38.5 Å². The molecule has 0 aromatic heterocycles. The zero-order valence-electron chi connectivity index (χ0n) is 28.2. The highest BCUT2D eigenvalue weighted by Crippen LogP contribution is 2.88. The van der Waals surface area contributed by atoms with E-state index in [1.165, 1.54) is 0 Å². The summed E-state index contributed by atoms with van der Waals surface area (Å²) < 4.78 is 6.42. The Bertz CT molecular complexity index is 1140. The topological polar surface area (TPSA) is 95.9 Å². The van der Waals surface area contributed by atoms with Crippen molar-refractivity contribution in [3.63, 3.8) is 0 Å². The number of aliphatic hydroxyl groups is 1. The van der Waals surface area contributed by atoms with Gasteiger partial charge >= 0.3 is 5.97 Å². The molecule has 1 unspecified atom stereocenters. The lowest BCUT2D eigenvalue weighted by Gasteiger charge is -2.62. The number of aliphatic hydroxyl groups excluding tert-OH is 1. The number of esters is 1. The van der Waals surface area contributed by atoms with Gasteiger partial charge < -0.3 is 20.1 Å². The predicted octanol–water partition coefficient (Wildman–Crippen LogP) is 5.24. The van der Waals surface area contributed by atoms with E-state index in [4.69, 9.17) is 4.74 Å². The molecule has 0 aliphatic heterocycles. The van der Waals surface area contributed by atoms with Crippen LogP contribution < -0.4 is 5.32 Å². The Morgan fingerprint density at radius 3 is 2.21 bits per heavy atom. The van der Waals surface area contributed by atoms with Gasteiger partial charge in [-0.1, -0.05) is 34.6 Å². The Hall–Kier alpha value is -1.47. The fourth-order valence-electron chi connectivity index (χ4n) is 11.4. The Balaban J connectivity index is 1.53. The van der Waals surface area contributed by atoms with Gasteiger partial charge in [0, 0.05) is 41.2 Å². The summed E-state index contributed by atoms with van der Waals surface area (Å²) in [6.07, 6.45) is 5.59. The zero-order valence-corrected chi connectivity index (χ0v) is 28.2. The number of fused-ring (bicyclic) bond motifs is 2. The molecule has 5 rings (SSSR count). The van der Waals surface area contributed by atoms with Gasteiger partial charge in [0.05, 0.1) is 12.0 Å². The predicted molar refractivity (Wildman–Crippen MR) is 163 cm³/mol. The minimum atomic E-state index is -0.588. The molecule has 0 heterocycles. The van der Waals surface area contributed by atoms with Crippen LogP contribution in [0.5, 0.6) is 0 Å². The normalized spacial score (nSPS) is 46.8. The number of carbonyl (C=O) groups excluding carboxylic acids is 3. The second-order valence-electron chi connectivity index (χ2n) is 17.5. The summed E-state index contributed by atoms with van der Waals surface area (Å²) in [5, 5.41) is 14.2. The fourth-order valence-corrected chi connectivity index (χ4v) is 11.4. The minimum absolute atomic E-state index is 0.0135. The van der Waals surface area contributed by atoms with Gasteiger partial charge in [-0.3, -0.25) is 14.4 Å². The average molecular weight is 587 g/mol. The van der Waals surface area contributed by atoms with E-state index >= 15 is 0 Å². The van der Waals surface area contributed by atoms with Crippen molar-refractivity contribution in [1.82, 2.24) is 10.2 Å². The van der Waals surface area contributed by atoms with Crippen LogP contribution >= 0.6 is 0 Å². The van der Waals surface area contributed by atoms with E-state index in [-0.39, 0.29) is 82.0 Å². The number of Topliss-reactive ketones (excluding diaryl/α,β-unsaturated/α-hetero) is 1. The van der Waals surface area contributed by atoms with Crippen molar-refractivity contribution in [2.75, 3.05) is 20.7 Å². The maximum atomic E-state index is 14.8. The molecule has 5 fully saturated rings. The van der Waals surface area contributed by atoms with Gasteiger partial charge in [-0.2, -0.15) is 0 Å². The number of ketones is 1. The van der Waals surface area contributed by atoms with Crippen molar-refractivity contribution in [3.05, 3.63) is 0 Å². The molecule has 5 aliphatic carbocycles. The molecule has 5 saturated carbocycles. The van der Waals surface area contributed by atoms with Crippen LogP contribution in [-0.2, 0) is 19.1 Å². The van der Waals surface area contributed by atoms with Crippen molar-refractivity contribution in [2.24, 2.45) is 56.2 Å². The molecule has 11 atom stereocenters. The molecule has 5 aliphatic rings. The van der Waals surface area contributed by atoms with E-state index in [1.807, 2.05) is 34.6 Å². The molecule has 0 bridgehead atoms. The number of hydrogen-bond acceptors (Lipinski definition) is 6. The summed E-state index contributed by atoms with van der Waals surface area (Å²) >= 11 is 0. The van der Waals surface area contributed by atoms with Gasteiger partial charge in [0.15, 0.2) is 0 Å². The largest absolute Gasteiger partial charge is 0.462 e. The van der Waals surface area contributed by atoms with Crippen LogP contribution in [0.25, 0.3) is 0 Å². The summed E-state index contributed by atoms with van der Waals surface area (Å²) in [5.41, 5.74) is -1.96. The first-order valence-electron chi connectivity index (χ1n) is 16.6. The fraction of sp³-hybridized carbons (Fsp3) is 0.914. The van der Waals surface area contributed by atoms with Crippen LogP contribution in [-0.4, -0.2) is 66.6 Å². The lowest BCUT2D eigenvalue weighted by molar-refractivity contribution is -0.174. The van der Waals surface area contributed by atoms with E-state index in [0.29, 0.717) is 12.2 Å². The minimum Gasteiger partial charge on any atom is -0.462 e. The Morgan fingerprint density at radius 2 is 1.67 bits per heavy atom. The molecular formula is C35H58N2O5. The van der Waals surface area contributed by atoms with E-state index < -0.39 is 10.8 Å². The molecule has 7 heteroatoms. The summed E-state index contributed by atoms with van der Waals surface area (Å²) in [7, 11) is 4.18. The van der Waals surface area contributed by atoms with Crippen LogP contribution in [0.15, 0.2) is 0 Å². The summed E-state index contributed by atoms with van der Waals surface area (Å²) in [5.74, 6) is 0.652. The summed E-state index contributed by atoms with van der Waals surface area (Å²) in [6.45, 7) is 18.7. The van der Waals surface area contributed by atoms with Crippen molar-refractivity contribution >= 4 is 17.7 Å². The SMILES string of the molecule is CC(C)C(=O)N[C@H]1CCC23C[C@]24C(=O)C[C@]2(C)[C@@H]([C@H](C)N(C)C)[C@H](OC(=O)C(C)(C)C)C[C@@]2(C)[C@@H]4CC[C@H]3[C@]1(C)CO. The summed E-state index contributed by atoms with van der Waals surface area (Å²) in [6, 6.07) is 0.0680. The van der Waals surface area contributed by atoms with Gasteiger partial charge in [0.25, 0.3) is 0 Å². The maximum Gasteiger partial charge on any atom is 0.311 e. The number of hydrogen-bond donors (Lipinski definition) is 2. The highest BCUT2D eigenvalue weighted by atomic mass is 16.5. The van der Waals surface area contributed by atoms with Crippen LogP contribution in [0.1, 0.15) is 107 Å². The van der Waals surface area contributed by atoms with Gasteiger partial charge in [-0.05, 0) is 108 Å². The average Bonchev–Trinajstić information content (AvgIpc) is 3.52. The smallest absolute Gasteiger partial charge is 0.311 e. The van der Waals surface area contributed by atoms with Gasteiger partial charge in [-0.25, -0.2) is 0 Å². The Kier molecular flexibility index (Phi) is 7.42. The van der Waals surface area contributed by atoms with Crippen molar-refractivity contribution in [2.45, 2.75) is 125 Å². The van der Waals surface area contributed by atoms with Crippen LogP contribution in [0.4, 0.5) is 0 Å². The monoisotopic (exact) mass is 586 g/mol. The molecular weight excluding hydrogens is 528 g/mol. The molecule has 0 aromatic carbocycles.